The van der Waals surface area contributed by atoms with Crippen LogP contribution in [0.5, 0.6) is 0 Å². The zero-order chi connectivity index (χ0) is 24.0. The number of amides is 1. The summed E-state index contributed by atoms with van der Waals surface area (Å²) in [6.45, 7) is 8.34. The third-order valence-electron chi connectivity index (χ3n) is 6.34. The first kappa shape index (κ1) is 23.5. The first-order chi connectivity index (χ1) is 16.3. The van der Waals surface area contributed by atoms with Gasteiger partial charge in [0.1, 0.15) is 15.8 Å². The van der Waals surface area contributed by atoms with Crippen LogP contribution in [0, 0.1) is 6.92 Å². The molecule has 0 saturated carbocycles. The minimum absolute atomic E-state index is 0.00153. The molecular weight excluding hydrogens is 472 g/mol. The Labute approximate surface area is 207 Å². The van der Waals surface area contributed by atoms with E-state index in [1.807, 2.05) is 32.9 Å². The Kier molecular flexibility index (Phi) is 6.49. The van der Waals surface area contributed by atoms with E-state index >= 15 is 0 Å². The Morgan fingerprint density at radius 2 is 2.03 bits per heavy atom. The summed E-state index contributed by atoms with van der Waals surface area (Å²) in [5, 5.41) is 0. The topological polar surface area (TPSA) is 76.4 Å². The maximum absolute atomic E-state index is 13.7. The molecule has 3 fully saturated rings. The number of thiocarbonyl (C=S) groups is 1. The van der Waals surface area contributed by atoms with Crippen molar-refractivity contribution in [3.63, 3.8) is 0 Å². The Bertz CT molecular complexity index is 1230. The SMILES string of the molecule is Cc1cccn2c(=O)c(C=C3SC(=S)N(CC4CCCO4)C3=O)c(N3CC(C)OC(C)C3)nc12. The summed E-state index contributed by atoms with van der Waals surface area (Å²) in [5.74, 6) is 0.389. The molecule has 8 nitrogen and oxygen atoms in total. The largest absolute Gasteiger partial charge is 0.376 e. The van der Waals surface area contributed by atoms with E-state index in [0.717, 1.165) is 18.4 Å². The van der Waals surface area contributed by atoms with Gasteiger partial charge in [0.2, 0.25) is 0 Å². The van der Waals surface area contributed by atoms with Crippen LogP contribution < -0.4 is 10.5 Å². The highest BCUT2D eigenvalue weighted by Crippen LogP contribution is 2.35. The first-order valence-electron chi connectivity index (χ1n) is 11.6. The minimum Gasteiger partial charge on any atom is -0.376 e. The predicted molar refractivity (Wildman–Crippen MR) is 137 cm³/mol. The van der Waals surface area contributed by atoms with Gasteiger partial charge in [0, 0.05) is 25.9 Å². The lowest BCUT2D eigenvalue weighted by Crippen LogP contribution is -2.46. The molecule has 10 heteroatoms. The fourth-order valence-electron chi connectivity index (χ4n) is 4.80. The van der Waals surface area contributed by atoms with E-state index in [2.05, 4.69) is 4.90 Å². The molecule has 0 radical (unpaired) electrons. The molecule has 3 saturated heterocycles. The summed E-state index contributed by atoms with van der Waals surface area (Å²) in [7, 11) is 0. The maximum atomic E-state index is 13.7. The van der Waals surface area contributed by atoms with Gasteiger partial charge in [-0.1, -0.05) is 30.0 Å². The standard InChI is InChI=1S/C24H28N4O4S2/c1-14-6-4-8-27-20(14)25-21(26-11-15(2)32-16(3)12-26)18(22(27)29)10-19-23(30)28(24(33)34-19)13-17-7-5-9-31-17/h4,6,8,10,15-17H,5,7,9,11-13H2,1-3H3. The van der Waals surface area contributed by atoms with Gasteiger partial charge in [-0.3, -0.25) is 18.9 Å². The molecule has 3 unspecified atom stereocenters. The zero-order valence-electron chi connectivity index (χ0n) is 19.5. The molecule has 0 aliphatic carbocycles. The van der Waals surface area contributed by atoms with Crippen molar-refractivity contribution in [3.8, 4) is 0 Å². The summed E-state index contributed by atoms with van der Waals surface area (Å²) in [4.78, 5) is 36.0. The van der Waals surface area contributed by atoms with E-state index in [4.69, 9.17) is 26.7 Å². The van der Waals surface area contributed by atoms with Crippen molar-refractivity contribution in [1.29, 1.82) is 0 Å². The van der Waals surface area contributed by atoms with E-state index in [-0.39, 0.29) is 29.8 Å². The quantitative estimate of drug-likeness (QED) is 0.469. The van der Waals surface area contributed by atoms with Crippen LogP contribution in [0.4, 0.5) is 5.82 Å². The normalized spacial score (nSPS) is 26.9. The first-order valence-corrected chi connectivity index (χ1v) is 12.8. The van der Waals surface area contributed by atoms with Crippen molar-refractivity contribution in [1.82, 2.24) is 14.3 Å². The fourth-order valence-corrected chi connectivity index (χ4v) is 6.06. The van der Waals surface area contributed by atoms with Crippen LogP contribution in [0.3, 0.4) is 0 Å². The van der Waals surface area contributed by atoms with Gasteiger partial charge in [-0.15, -0.1) is 0 Å². The number of aryl methyl sites for hydroxylation is 1. The maximum Gasteiger partial charge on any atom is 0.267 e. The molecule has 5 heterocycles. The number of pyridine rings is 1. The number of hydrogen-bond donors (Lipinski definition) is 0. The van der Waals surface area contributed by atoms with Gasteiger partial charge < -0.3 is 14.4 Å². The Hall–Kier alpha value is -2.27. The lowest BCUT2D eigenvalue weighted by Gasteiger charge is -2.36. The van der Waals surface area contributed by atoms with Crippen LogP contribution in [0.15, 0.2) is 28.0 Å². The molecule has 0 N–H and O–H groups in total. The van der Waals surface area contributed by atoms with Gasteiger partial charge in [-0.25, -0.2) is 4.98 Å². The van der Waals surface area contributed by atoms with Gasteiger partial charge in [0.15, 0.2) is 0 Å². The number of rotatable bonds is 4. The molecule has 3 aliphatic heterocycles. The second-order valence-electron chi connectivity index (χ2n) is 9.13. The van der Waals surface area contributed by atoms with Gasteiger partial charge in [0.25, 0.3) is 11.5 Å². The lowest BCUT2D eigenvalue weighted by atomic mass is 10.1. The molecule has 3 aliphatic rings. The molecule has 2 aromatic heterocycles. The average Bonchev–Trinajstić information content (AvgIpc) is 3.39. The summed E-state index contributed by atoms with van der Waals surface area (Å²) >= 11 is 6.73. The van der Waals surface area contributed by atoms with Crippen LogP contribution in [-0.4, -0.2) is 69.1 Å². The monoisotopic (exact) mass is 500 g/mol. The van der Waals surface area contributed by atoms with Crippen molar-refractivity contribution >= 4 is 51.7 Å². The number of carbonyl (C=O) groups is 1. The van der Waals surface area contributed by atoms with E-state index in [0.29, 0.717) is 52.5 Å². The number of ether oxygens (including phenoxy) is 2. The molecule has 1 amide bonds. The Balaban J connectivity index is 1.59. The number of thioether (sulfide) groups is 1. The average molecular weight is 501 g/mol. The van der Waals surface area contributed by atoms with Gasteiger partial charge in [0.05, 0.1) is 35.3 Å². The lowest BCUT2D eigenvalue weighted by molar-refractivity contribution is -0.123. The number of nitrogens with zero attached hydrogens (tertiary/aromatic N) is 4. The number of fused-ring (bicyclic) bond motifs is 1. The van der Waals surface area contributed by atoms with E-state index < -0.39 is 0 Å². The van der Waals surface area contributed by atoms with Crippen molar-refractivity contribution in [3.05, 3.63) is 44.7 Å². The molecule has 0 bridgehead atoms. The smallest absolute Gasteiger partial charge is 0.267 e. The summed E-state index contributed by atoms with van der Waals surface area (Å²) < 4.78 is 13.6. The number of hydrogen-bond acceptors (Lipinski definition) is 8. The van der Waals surface area contributed by atoms with Crippen LogP contribution in [0.1, 0.15) is 37.8 Å². The molecule has 2 aromatic rings. The molecule has 34 heavy (non-hydrogen) atoms. The van der Waals surface area contributed by atoms with Crippen molar-refractivity contribution in [2.75, 3.05) is 31.1 Å². The number of aromatic nitrogens is 2. The van der Waals surface area contributed by atoms with Crippen molar-refractivity contribution < 1.29 is 14.3 Å². The van der Waals surface area contributed by atoms with Gasteiger partial charge in [-0.2, -0.15) is 0 Å². The number of anilines is 1. The molecule has 5 rings (SSSR count). The zero-order valence-corrected chi connectivity index (χ0v) is 21.2. The number of carbonyl (C=O) groups excluding carboxylic acids is 1. The van der Waals surface area contributed by atoms with Crippen molar-refractivity contribution in [2.45, 2.75) is 51.9 Å². The van der Waals surface area contributed by atoms with Crippen LogP contribution in [-0.2, 0) is 14.3 Å². The highest BCUT2D eigenvalue weighted by atomic mass is 32.2. The van der Waals surface area contributed by atoms with Crippen LogP contribution >= 0.6 is 24.0 Å². The van der Waals surface area contributed by atoms with Gasteiger partial charge >= 0.3 is 0 Å². The molecule has 180 valence electrons. The molecule has 0 spiro atoms. The van der Waals surface area contributed by atoms with Crippen LogP contribution in [0.2, 0.25) is 0 Å². The van der Waals surface area contributed by atoms with Crippen molar-refractivity contribution in [2.24, 2.45) is 0 Å². The van der Waals surface area contributed by atoms with E-state index in [9.17, 15) is 9.59 Å². The number of morpholine rings is 1. The summed E-state index contributed by atoms with van der Waals surface area (Å²) in [6.07, 6.45) is 5.29. The Morgan fingerprint density at radius 3 is 2.74 bits per heavy atom. The van der Waals surface area contributed by atoms with E-state index in [1.165, 1.54) is 11.8 Å². The second kappa shape index (κ2) is 9.41. The highest BCUT2D eigenvalue weighted by molar-refractivity contribution is 8.26. The fraction of sp³-hybridized carbons (Fsp3) is 0.500. The second-order valence-corrected chi connectivity index (χ2v) is 10.8. The third kappa shape index (κ3) is 4.39. The highest BCUT2D eigenvalue weighted by Gasteiger charge is 2.35. The molecular formula is C24H28N4O4S2. The third-order valence-corrected chi connectivity index (χ3v) is 7.72. The minimum atomic E-state index is -0.208. The summed E-state index contributed by atoms with van der Waals surface area (Å²) in [5.41, 5.74) is 1.70. The predicted octanol–water partition coefficient (Wildman–Crippen LogP) is 3.00. The van der Waals surface area contributed by atoms with Gasteiger partial charge in [-0.05, 0) is 51.3 Å². The molecule has 0 aromatic carbocycles. The van der Waals surface area contributed by atoms with E-state index in [1.54, 1.807) is 21.6 Å². The summed E-state index contributed by atoms with van der Waals surface area (Å²) in [6, 6.07) is 3.76. The Morgan fingerprint density at radius 1 is 1.26 bits per heavy atom. The molecule has 3 atom stereocenters. The van der Waals surface area contributed by atoms with Crippen LogP contribution in [0.25, 0.3) is 11.7 Å².